The molecule has 2 aromatic heterocycles. The summed E-state index contributed by atoms with van der Waals surface area (Å²) in [5.74, 6) is -2.18. The van der Waals surface area contributed by atoms with E-state index in [1.165, 1.54) is 12.4 Å². The minimum Gasteiger partial charge on any atom is -0.481 e. The number of unbranched alkanes of at least 4 members (excludes halogenated alkanes) is 4. The fraction of sp³-hybridized carbons (Fsp3) is 0.417. The highest BCUT2D eigenvalue weighted by atomic mass is 16.4. The molecule has 2 amide bonds. The molecule has 0 saturated carbocycles. The third-order valence-corrected chi connectivity index (χ3v) is 5.01. The van der Waals surface area contributed by atoms with Crippen LogP contribution >= 0.6 is 0 Å². The van der Waals surface area contributed by atoms with Crippen molar-refractivity contribution in [1.82, 2.24) is 20.6 Å². The standard InChI is InChI=1S/C24H30N4O6/c29-21(30)7-3-1-5-11-27-23(33)17-9-13-25-19(15-17)20-16-18(10-14-26-20)24(34)28-12-6-2-4-8-22(31)32/h9-10,13-16H,1-8,11-12H2,(H,27,33)(H,28,34)(H,29,30)(H,31,32). The van der Waals surface area contributed by atoms with Gasteiger partial charge in [0.1, 0.15) is 0 Å². The van der Waals surface area contributed by atoms with Gasteiger partial charge in [0.2, 0.25) is 0 Å². The molecule has 0 bridgehead atoms. The first-order chi connectivity index (χ1) is 16.4. The van der Waals surface area contributed by atoms with Gasteiger partial charge in [-0.25, -0.2) is 0 Å². The number of nitrogens with zero attached hydrogens (tertiary/aromatic N) is 2. The monoisotopic (exact) mass is 470 g/mol. The molecule has 34 heavy (non-hydrogen) atoms. The zero-order valence-electron chi connectivity index (χ0n) is 19.0. The van der Waals surface area contributed by atoms with Crippen LogP contribution in [0.15, 0.2) is 36.7 Å². The highest BCUT2D eigenvalue weighted by Gasteiger charge is 2.11. The van der Waals surface area contributed by atoms with Crippen molar-refractivity contribution in [2.45, 2.75) is 51.4 Å². The lowest BCUT2D eigenvalue weighted by Crippen LogP contribution is -2.25. The van der Waals surface area contributed by atoms with Crippen LogP contribution in [0.3, 0.4) is 0 Å². The maximum atomic E-state index is 12.4. The van der Waals surface area contributed by atoms with Crippen LogP contribution in [-0.2, 0) is 9.59 Å². The predicted octanol–water partition coefficient (Wildman–Crippen LogP) is 2.89. The van der Waals surface area contributed by atoms with Crippen LogP contribution in [0.2, 0.25) is 0 Å². The summed E-state index contributed by atoms with van der Waals surface area (Å²) < 4.78 is 0. The summed E-state index contributed by atoms with van der Waals surface area (Å²) >= 11 is 0. The molecule has 0 aliphatic rings. The molecule has 10 heteroatoms. The van der Waals surface area contributed by atoms with E-state index in [9.17, 15) is 19.2 Å². The summed E-state index contributed by atoms with van der Waals surface area (Å²) in [6.07, 6.45) is 7.22. The van der Waals surface area contributed by atoms with Gasteiger partial charge >= 0.3 is 11.9 Å². The molecule has 2 aromatic rings. The van der Waals surface area contributed by atoms with Crippen LogP contribution < -0.4 is 10.6 Å². The van der Waals surface area contributed by atoms with Crippen LogP contribution in [0.4, 0.5) is 0 Å². The maximum Gasteiger partial charge on any atom is 0.303 e. The van der Waals surface area contributed by atoms with E-state index >= 15 is 0 Å². The third-order valence-electron chi connectivity index (χ3n) is 5.01. The quantitative estimate of drug-likeness (QED) is 0.289. The van der Waals surface area contributed by atoms with Crippen LogP contribution in [-0.4, -0.2) is 57.0 Å². The molecule has 0 spiro atoms. The fourth-order valence-electron chi connectivity index (χ4n) is 3.19. The van der Waals surface area contributed by atoms with Crippen molar-refractivity contribution in [3.05, 3.63) is 47.8 Å². The molecule has 4 N–H and O–H groups in total. The molecule has 0 aliphatic carbocycles. The van der Waals surface area contributed by atoms with Crippen LogP contribution in [0.1, 0.15) is 72.1 Å². The van der Waals surface area contributed by atoms with Crippen molar-refractivity contribution < 1.29 is 29.4 Å². The summed E-state index contributed by atoms with van der Waals surface area (Å²) in [5, 5.41) is 22.9. The summed E-state index contributed by atoms with van der Waals surface area (Å²) in [6, 6.07) is 6.38. The number of aromatic nitrogens is 2. The first-order valence-electron chi connectivity index (χ1n) is 11.3. The van der Waals surface area contributed by atoms with Gasteiger partial charge in [0.25, 0.3) is 11.8 Å². The zero-order valence-corrected chi connectivity index (χ0v) is 19.0. The Kier molecular flexibility index (Phi) is 11.2. The van der Waals surface area contributed by atoms with Crippen molar-refractivity contribution in [1.29, 1.82) is 0 Å². The zero-order chi connectivity index (χ0) is 24.8. The second-order valence-electron chi connectivity index (χ2n) is 7.78. The smallest absolute Gasteiger partial charge is 0.303 e. The van der Waals surface area contributed by atoms with E-state index < -0.39 is 11.9 Å². The number of pyridine rings is 2. The Morgan fingerprint density at radius 1 is 0.647 bits per heavy atom. The molecule has 0 aliphatic heterocycles. The van der Waals surface area contributed by atoms with Gasteiger partial charge in [-0.15, -0.1) is 0 Å². The molecule has 0 fully saturated rings. The molecule has 0 saturated heterocycles. The molecule has 182 valence electrons. The minimum absolute atomic E-state index is 0.124. The first kappa shape index (κ1) is 26.4. The summed E-state index contributed by atoms with van der Waals surface area (Å²) in [5.41, 5.74) is 1.73. The second kappa shape index (κ2) is 14.4. The molecule has 2 rings (SSSR count). The Labute approximate surface area is 197 Å². The summed E-state index contributed by atoms with van der Waals surface area (Å²) in [7, 11) is 0. The van der Waals surface area contributed by atoms with E-state index in [1.54, 1.807) is 24.3 Å². The second-order valence-corrected chi connectivity index (χ2v) is 7.78. The van der Waals surface area contributed by atoms with E-state index in [0.29, 0.717) is 61.3 Å². The number of hydrogen-bond donors (Lipinski definition) is 4. The van der Waals surface area contributed by atoms with Gasteiger partial charge in [0, 0.05) is 49.5 Å². The normalized spacial score (nSPS) is 10.5. The van der Waals surface area contributed by atoms with E-state index in [0.717, 1.165) is 12.8 Å². The van der Waals surface area contributed by atoms with Crippen molar-refractivity contribution in [3.63, 3.8) is 0 Å². The van der Waals surface area contributed by atoms with Crippen molar-refractivity contribution in [3.8, 4) is 11.4 Å². The molecular weight excluding hydrogens is 440 g/mol. The summed E-state index contributed by atoms with van der Waals surface area (Å²) in [4.78, 5) is 54.4. The van der Waals surface area contributed by atoms with Gasteiger partial charge in [-0.1, -0.05) is 12.8 Å². The Morgan fingerprint density at radius 2 is 1.06 bits per heavy atom. The molecule has 0 atom stereocenters. The van der Waals surface area contributed by atoms with Crippen molar-refractivity contribution in [2.24, 2.45) is 0 Å². The Balaban J connectivity index is 1.87. The van der Waals surface area contributed by atoms with Crippen molar-refractivity contribution >= 4 is 23.8 Å². The van der Waals surface area contributed by atoms with Gasteiger partial charge in [0.05, 0.1) is 11.4 Å². The average Bonchev–Trinajstić information content (AvgIpc) is 2.83. The van der Waals surface area contributed by atoms with Crippen molar-refractivity contribution in [2.75, 3.05) is 13.1 Å². The molecule has 0 aromatic carbocycles. The van der Waals surface area contributed by atoms with Gasteiger partial charge in [-0.3, -0.25) is 29.1 Å². The van der Waals surface area contributed by atoms with E-state index in [2.05, 4.69) is 20.6 Å². The van der Waals surface area contributed by atoms with E-state index in [1.807, 2.05) is 0 Å². The Hall–Kier alpha value is -3.82. The number of nitrogens with one attached hydrogen (secondary N) is 2. The lowest BCUT2D eigenvalue weighted by molar-refractivity contribution is -0.138. The topological polar surface area (TPSA) is 159 Å². The van der Waals surface area contributed by atoms with Crippen LogP contribution in [0, 0.1) is 0 Å². The SMILES string of the molecule is O=C(O)CCCCCNC(=O)c1ccnc(-c2cc(C(=O)NCCCCCC(=O)O)ccn2)c1. The molecular formula is C24H30N4O6. The van der Waals surface area contributed by atoms with E-state index in [4.69, 9.17) is 10.2 Å². The van der Waals surface area contributed by atoms with Gasteiger partial charge in [0.15, 0.2) is 0 Å². The number of carboxylic acids is 2. The number of carboxylic acid groups (broad SMARTS) is 2. The Morgan fingerprint density at radius 3 is 1.44 bits per heavy atom. The largest absolute Gasteiger partial charge is 0.481 e. The van der Waals surface area contributed by atoms with Gasteiger partial charge in [-0.05, 0) is 49.9 Å². The van der Waals surface area contributed by atoms with Crippen LogP contribution in [0.5, 0.6) is 0 Å². The average molecular weight is 471 g/mol. The Bertz CT molecular complexity index is 915. The molecule has 2 heterocycles. The lowest BCUT2D eigenvalue weighted by Gasteiger charge is -2.08. The number of amides is 2. The number of carbonyl (C=O) groups is 4. The minimum atomic E-state index is -0.823. The molecule has 0 radical (unpaired) electrons. The lowest BCUT2D eigenvalue weighted by atomic mass is 10.1. The first-order valence-corrected chi connectivity index (χ1v) is 11.3. The molecule has 10 nitrogen and oxygen atoms in total. The number of aliphatic carboxylic acids is 2. The predicted molar refractivity (Wildman–Crippen MR) is 124 cm³/mol. The highest BCUT2D eigenvalue weighted by molar-refractivity contribution is 5.96. The van der Waals surface area contributed by atoms with Gasteiger partial charge in [-0.2, -0.15) is 0 Å². The maximum absolute atomic E-state index is 12.4. The van der Waals surface area contributed by atoms with Crippen LogP contribution in [0.25, 0.3) is 11.4 Å². The van der Waals surface area contributed by atoms with Gasteiger partial charge < -0.3 is 20.8 Å². The fourth-order valence-corrected chi connectivity index (χ4v) is 3.19. The number of rotatable bonds is 15. The van der Waals surface area contributed by atoms with E-state index in [-0.39, 0.29) is 24.7 Å². The number of hydrogen-bond acceptors (Lipinski definition) is 6. The molecule has 0 unspecified atom stereocenters. The number of carbonyl (C=O) groups excluding carboxylic acids is 2. The summed E-state index contributed by atoms with van der Waals surface area (Å²) in [6.45, 7) is 0.890. The highest BCUT2D eigenvalue weighted by Crippen LogP contribution is 2.17. The third kappa shape index (κ3) is 9.76.